The molecule has 210 valence electrons. The van der Waals surface area contributed by atoms with E-state index in [4.69, 9.17) is 10.7 Å². The summed E-state index contributed by atoms with van der Waals surface area (Å²) in [7, 11) is -1.90. The fourth-order valence-electron chi connectivity index (χ4n) is 6.32. The zero-order valence-corrected chi connectivity index (χ0v) is 23.2. The predicted octanol–water partition coefficient (Wildman–Crippen LogP) is 1.85. The molecule has 7 rings (SSSR count). The van der Waals surface area contributed by atoms with Gasteiger partial charge < -0.3 is 15.6 Å². The molecule has 14 nitrogen and oxygen atoms in total. The molecule has 1 amide bonds. The van der Waals surface area contributed by atoms with E-state index >= 15 is 0 Å². The molecule has 3 N–H and O–H groups in total. The van der Waals surface area contributed by atoms with Crippen molar-refractivity contribution in [3.63, 3.8) is 0 Å². The van der Waals surface area contributed by atoms with E-state index in [0.717, 1.165) is 35.9 Å². The number of rotatable bonds is 5. The van der Waals surface area contributed by atoms with Crippen molar-refractivity contribution in [1.29, 1.82) is 0 Å². The molecule has 5 aromatic rings. The van der Waals surface area contributed by atoms with Crippen LogP contribution in [0.2, 0.25) is 0 Å². The summed E-state index contributed by atoms with van der Waals surface area (Å²) < 4.78 is 29.2. The monoisotopic (exact) mass is 573 g/mol. The number of nitrogens with one attached hydrogen (secondary N) is 1. The van der Waals surface area contributed by atoms with Crippen molar-refractivity contribution in [2.24, 2.45) is 7.05 Å². The van der Waals surface area contributed by atoms with Gasteiger partial charge in [-0.3, -0.25) is 14.5 Å². The molecule has 7 heterocycles. The summed E-state index contributed by atoms with van der Waals surface area (Å²) in [4.78, 5) is 27.3. The van der Waals surface area contributed by atoms with E-state index in [1.165, 1.54) is 10.8 Å². The third-order valence-corrected chi connectivity index (χ3v) is 9.24. The van der Waals surface area contributed by atoms with Crippen LogP contribution in [0.3, 0.4) is 0 Å². The van der Waals surface area contributed by atoms with Crippen LogP contribution in [0.5, 0.6) is 0 Å². The maximum atomic E-state index is 13.1. The minimum absolute atomic E-state index is 0.0101. The number of carbonyl (C=O) groups excluding carboxylic acids is 1. The largest absolute Gasteiger partial charge is 0.382 e. The minimum Gasteiger partial charge on any atom is -0.382 e. The highest BCUT2D eigenvalue weighted by Gasteiger charge is 2.46. The van der Waals surface area contributed by atoms with Crippen molar-refractivity contribution in [2.45, 2.75) is 48.6 Å². The second-order valence-electron chi connectivity index (χ2n) is 10.7. The summed E-state index contributed by atoms with van der Waals surface area (Å²) in [6.07, 6.45) is 12.3. The average molecular weight is 574 g/mol. The number of fused-ring (bicyclic) bond motifs is 3. The molecule has 2 aliphatic rings. The van der Waals surface area contributed by atoms with Crippen LogP contribution in [-0.2, 0) is 16.9 Å². The molecule has 2 bridgehead atoms. The molecule has 15 heteroatoms. The zero-order chi connectivity index (χ0) is 28.5. The fraction of sp³-hybridized carbons (Fsp3) is 0.346. The van der Waals surface area contributed by atoms with Crippen LogP contribution in [-0.4, -0.2) is 82.1 Å². The van der Waals surface area contributed by atoms with Gasteiger partial charge >= 0.3 is 0 Å². The number of piperidine rings is 1. The van der Waals surface area contributed by atoms with Crippen molar-refractivity contribution >= 4 is 27.2 Å². The first-order valence-electron chi connectivity index (χ1n) is 13.2. The fourth-order valence-corrected chi connectivity index (χ4v) is 7.38. The number of hydrogen-bond donors (Lipinski definition) is 2. The number of carbonyl (C=O) groups is 1. The van der Waals surface area contributed by atoms with E-state index in [-0.39, 0.29) is 40.4 Å². The molecule has 0 aromatic carbocycles. The Kier molecular flexibility index (Phi) is 5.67. The number of sulfone groups is 1. The van der Waals surface area contributed by atoms with Gasteiger partial charge in [0.1, 0.15) is 17.0 Å². The minimum atomic E-state index is -3.75. The number of hydrogen-bond acceptors (Lipinski definition) is 10. The van der Waals surface area contributed by atoms with E-state index in [9.17, 15) is 13.2 Å². The molecule has 0 saturated carbocycles. The second kappa shape index (κ2) is 9.19. The SMILES string of the molecule is Cn1cc(-c2ccc(-c3cnn4c(N)c(S(C)(=O)=O)c(C5CC6CCC(C5)N6C(=O)c5nnc[nH]5)nc34)cn2)cn1. The lowest BCUT2D eigenvalue weighted by molar-refractivity contribution is 0.0556. The lowest BCUT2D eigenvalue weighted by Gasteiger charge is -2.38. The van der Waals surface area contributed by atoms with E-state index in [0.29, 0.717) is 29.7 Å². The van der Waals surface area contributed by atoms with Crippen LogP contribution >= 0.6 is 0 Å². The third-order valence-electron chi connectivity index (χ3n) is 8.08. The number of aromatic amines is 1. The molecule has 2 atom stereocenters. The maximum absolute atomic E-state index is 13.1. The summed E-state index contributed by atoms with van der Waals surface area (Å²) >= 11 is 0. The van der Waals surface area contributed by atoms with Crippen molar-refractivity contribution < 1.29 is 13.2 Å². The second-order valence-corrected chi connectivity index (χ2v) is 12.7. The number of amides is 1. The number of nitrogen functional groups attached to an aromatic ring is 1. The smallest absolute Gasteiger partial charge is 0.292 e. The summed E-state index contributed by atoms with van der Waals surface area (Å²) in [5, 5.41) is 16.2. The summed E-state index contributed by atoms with van der Waals surface area (Å²) in [5.74, 6) is -0.184. The van der Waals surface area contributed by atoms with Gasteiger partial charge in [0.2, 0.25) is 5.82 Å². The van der Waals surface area contributed by atoms with Crippen LogP contribution < -0.4 is 5.73 Å². The molecule has 2 unspecified atom stereocenters. The molecule has 0 spiro atoms. The van der Waals surface area contributed by atoms with Gasteiger partial charge in [-0.1, -0.05) is 6.07 Å². The predicted molar refractivity (Wildman–Crippen MR) is 147 cm³/mol. The Morgan fingerprint density at radius 3 is 2.46 bits per heavy atom. The van der Waals surface area contributed by atoms with Gasteiger partial charge in [-0.05, 0) is 31.7 Å². The number of aromatic nitrogens is 9. The zero-order valence-electron chi connectivity index (χ0n) is 22.3. The Hall–Kier alpha value is -4.66. The van der Waals surface area contributed by atoms with Crippen molar-refractivity contribution in [2.75, 3.05) is 12.0 Å². The van der Waals surface area contributed by atoms with E-state index in [1.807, 2.05) is 30.3 Å². The molecule has 2 saturated heterocycles. The Labute approximate surface area is 234 Å². The molecule has 5 aromatic heterocycles. The number of pyridine rings is 1. The Balaban J connectivity index is 1.28. The van der Waals surface area contributed by atoms with Crippen LogP contribution in [0.15, 0.2) is 48.1 Å². The van der Waals surface area contributed by atoms with Crippen LogP contribution in [0.25, 0.3) is 28.0 Å². The Bertz CT molecular complexity index is 1880. The molecule has 0 aliphatic carbocycles. The van der Waals surface area contributed by atoms with Crippen molar-refractivity contribution in [1.82, 2.24) is 49.4 Å². The molecular weight excluding hydrogens is 546 g/mol. The normalized spacial score (nSPS) is 20.6. The van der Waals surface area contributed by atoms with Crippen LogP contribution in [0.4, 0.5) is 5.82 Å². The first kappa shape index (κ1) is 25.3. The van der Waals surface area contributed by atoms with E-state index < -0.39 is 9.84 Å². The topological polar surface area (TPSA) is 183 Å². The highest BCUT2D eigenvalue weighted by atomic mass is 32.2. The number of aryl methyl sites for hydroxylation is 1. The van der Waals surface area contributed by atoms with E-state index in [2.05, 4.69) is 30.4 Å². The number of nitrogens with zero attached hydrogens (tertiary/aromatic N) is 9. The molecular formula is C26H27N11O3S. The third kappa shape index (κ3) is 4.15. The number of anilines is 1. The molecule has 2 aliphatic heterocycles. The van der Waals surface area contributed by atoms with E-state index in [1.54, 1.807) is 23.3 Å². The van der Waals surface area contributed by atoms with Gasteiger partial charge in [0.25, 0.3) is 5.91 Å². The molecule has 0 radical (unpaired) electrons. The Morgan fingerprint density at radius 2 is 1.85 bits per heavy atom. The van der Waals surface area contributed by atoms with Crippen molar-refractivity contribution in [3.05, 3.63) is 54.8 Å². The lowest BCUT2D eigenvalue weighted by Crippen LogP contribution is -2.46. The van der Waals surface area contributed by atoms with Gasteiger partial charge in [0.15, 0.2) is 15.5 Å². The van der Waals surface area contributed by atoms with Gasteiger partial charge in [0.05, 0.1) is 23.8 Å². The first-order chi connectivity index (χ1) is 19.7. The summed E-state index contributed by atoms with van der Waals surface area (Å²) in [5.41, 5.74) is 10.5. The molecule has 2 fully saturated rings. The summed E-state index contributed by atoms with van der Waals surface area (Å²) in [6.45, 7) is 0. The van der Waals surface area contributed by atoms with Crippen LogP contribution in [0.1, 0.15) is 47.9 Å². The van der Waals surface area contributed by atoms with Gasteiger partial charge in [0, 0.05) is 60.4 Å². The average Bonchev–Trinajstić information content (AvgIpc) is 3.74. The van der Waals surface area contributed by atoms with Gasteiger partial charge in [-0.25, -0.2) is 13.4 Å². The first-order valence-corrected chi connectivity index (χ1v) is 15.1. The maximum Gasteiger partial charge on any atom is 0.292 e. The summed E-state index contributed by atoms with van der Waals surface area (Å²) in [6, 6.07) is 3.67. The quantitative estimate of drug-likeness (QED) is 0.315. The van der Waals surface area contributed by atoms with Crippen LogP contribution in [0, 0.1) is 0 Å². The van der Waals surface area contributed by atoms with Crippen molar-refractivity contribution in [3.8, 4) is 22.4 Å². The molecule has 41 heavy (non-hydrogen) atoms. The number of H-pyrrole nitrogens is 1. The number of nitrogens with two attached hydrogens (primary N) is 1. The highest BCUT2D eigenvalue weighted by molar-refractivity contribution is 7.91. The highest BCUT2D eigenvalue weighted by Crippen LogP contribution is 2.45. The van der Waals surface area contributed by atoms with Gasteiger partial charge in [-0.15, -0.1) is 10.2 Å². The standard InChI is InChI=1S/C26H27N11O3S/c1-35-12-16(10-31-35)20-6-3-14(9-28-20)19-11-32-37-23(27)22(41(2,39)40)21(33-25(19)37)15-7-17-4-5-18(8-15)36(17)26(38)24-29-13-30-34-24/h3,6,9-13,15,17-18H,4-5,7-8,27H2,1-2H3,(H,29,30,34). The Morgan fingerprint density at radius 1 is 1.07 bits per heavy atom. The lowest BCUT2D eigenvalue weighted by atomic mass is 9.87. The van der Waals surface area contributed by atoms with Gasteiger partial charge in [-0.2, -0.15) is 14.7 Å².